The van der Waals surface area contributed by atoms with Gasteiger partial charge in [0.25, 0.3) is 6.43 Å². The fourth-order valence-electron chi connectivity index (χ4n) is 1.36. The standard InChI is InChI=1S/C11H9F5INO3/c1-2-20-8(19)4-6-5(17)3-7(21-11(14,15)16)9(18-6)10(12)13/h3,10H,2,4H2,1H3. The number of hydrogen-bond donors (Lipinski definition) is 0. The van der Waals surface area contributed by atoms with E-state index in [-0.39, 0.29) is 15.9 Å². The van der Waals surface area contributed by atoms with Gasteiger partial charge in [0.05, 0.1) is 18.7 Å². The third-order valence-corrected chi connectivity index (χ3v) is 3.02. The van der Waals surface area contributed by atoms with Gasteiger partial charge in [-0.25, -0.2) is 13.8 Å². The van der Waals surface area contributed by atoms with Gasteiger partial charge in [0.2, 0.25) is 0 Å². The highest BCUT2D eigenvalue weighted by Gasteiger charge is 2.34. The maximum absolute atomic E-state index is 12.8. The first kappa shape index (κ1) is 17.9. The molecular formula is C11H9F5INO3. The van der Waals surface area contributed by atoms with E-state index in [2.05, 4.69) is 14.5 Å². The molecule has 0 aliphatic rings. The van der Waals surface area contributed by atoms with Crippen LogP contribution in [0.2, 0.25) is 0 Å². The van der Waals surface area contributed by atoms with E-state index >= 15 is 0 Å². The molecule has 1 aromatic rings. The summed E-state index contributed by atoms with van der Waals surface area (Å²) in [5.74, 6) is -1.80. The van der Waals surface area contributed by atoms with Crippen molar-refractivity contribution >= 4 is 28.6 Å². The fraction of sp³-hybridized carbons (Fsp3) is 0.455. The normalized spacial score (nSPS) is 11.6. The Morgan fingerprint density at radius 1 is 1.43 bits per heavy atom. The fourth-order valence-corrected chi connectivity index (χ4v) is 1.96. The molecule has 1 heterocycles. The number of esters is 1. The van der Waals surface area contributed by atoms with Crippen LogP contribution >= 0.6 is 22.6 Å². The summed E-state index contributed by atoms with van der Waals surface area (Å²) in [5.41, 5.74) is -1.27. The van der Waals surface area contributed by atoms with Crippen LogP contribution in [0.4, 0.5) is 22.0 Å². The zero-order valence-electron chi connectivity index (χ0n) is 10.5. The van der Waals surface area contributed by atoms with Gasteiger partial charge in [-0.05, 0) is 35.6 Å². The van der Waals surface area contributed by atoms with Crippen LogP contribution in [0, 0.1) is 3.57 Å². The molecule has 0 N–H and O–H groups in total. The molecule has 0 amide bonds. The number of pyridine rings is 1. The number of carbonyl (C=O) groups excluding carboxylic acids is 1. The van der Waals surface area contributed by atoms with Crippen LogP contribution in [0.15, 0.2) is 6.07 Å². The molecular weight excluding hydrogens is 416 g/mol. The van der Waals surface area contributed by atoms with E-state index in [1.807, 2.05) is 0 Å². The average Bonchev–Trinajstić information content (AvgIpc) is 2.30. The first-order chi connectivity index (χ1) is 9.64. The number of ether oxygens (including phenoxy) is 2. The molecule has 0 aliphatic carbocycles. The molecule has 0 atom stereocenters. The van der Waals surface area contributed by atoms with E-state index in [0.717, 1.165) is 6.07 Å². The summed E-state index contributed by atoms with van der Waals surface area (Å²) in [6.07, 6.45) is -8.81. The van der Waals surface area contributed by atoms with Crippen molar-refractivity contribution in [2.24, 2.45) is 0 Å². The van der Waals surface area contributed by atoms with Crippen molar-refractivity contribution in [3.8, 4) is 5.75 Å². The lowest BCUT2D eigenvalue weighted by Crippen LogP contribution is -2.20. The zero-order chi connectivity index (χ0) is 16.2. The first-order valence-electron chi connectivity index (χ1n) is 5.52. The summed E-state index contributed by atoms with van der Waals surface area (Å²) in [6.45, 7) is 1.65. The highest BCUT2D eigenvalue weighted by atomic mass is 127. The van der Waals surface area contributed by atoms with Crippen LogP contribution in [-0.4, -0.2) is 23.9 Å². The molecule has 118 valence electrons. The summed E-state index contributed by atoms with van der Waals surface area (Å²) >= 11 is 1.58. The van der Waals surface area contributed by atoms with Crippen molar-refractivity contribution in [1.82, 2.24) is 4.98 Å². The Hall–Kier alpha value is -1.20. The number of alkyl halides is 5. The van der Waals surface area contributed by atoms with E-state index in [0.29, 0.717) is 0 Å². The summed E-state index contributed by atoms with van der Waals surface area (Å²) < 4.78 is 70.2. The van der Waals surface area contributed by atoms with Crippen LogP contribution in [0.1, 0.15) is 24.7 Å². The van der Waals surface area contributed by atoms with Crippen LogP contribution in [-0.2, 0) is 16.0 Å². The van der Waals surface area contributed by atoms with Gasteiger partial charge in [0, 0.05) is 3.57 Å². The Morgan fingerprint density at radius 2 is 2.05 bits per heavy atom. The molecule has 10 heteroatoms. The molecule has 0 spiro atoms. The minimum Gasteiger partial charge on any atom is -0.466 e. The molecule has 0 radical (unpaired) electrons. The third-order valence-electron chi connectivity index (χ3n) is 2.09. The van der Waals surface area contributed by atoms with Crippen LogP contribution in [0.3, 0.4) is 0 Å². The van der Waals surface area contributed by atoms with E-state index in [1.54, 1.807) is 29.5 Å². The van der Waals surface area contributed by atoms with E-state index in [1.165, 1.54) is 0 Å². The lowest BCUT2D eigenvalue weighted by molar-refractivity contribution is -0.275. The summed E-state index contributed by atoms with van der Waals surface area (Å²) in [5, 5.41) is 0. The minimum atomic E-state index is -5.11. The van der Waals surface area contributed by atoms with Gasteiger partial charge >= 0.3 is 12.3 Å². The van der Waals surface area contributed by atoms with Crippen molar-refractivity contribution in [2.75, 3.05) is 6.61 Å². The topological polar surface area (TPSA) is 48.4 Å². The second kappa shape index (κ2) is 7.18. The van der Waals surface area contributed by atoms with Gasteiger partial charge < -0.3 is 9.47 Å². The highest BCUT2D eigenvalue weighted by Crippen LogP contribution is 2.33. The predicted molar refractivity (Wildman–Crippen MR) is 68.9 cm³/mol. The Bertz CT molecular complexity index is 521. The number of carbonyl (C=O) groups is 1. The third kappa shape index (κ3) is 5.59. The molecule has 4 nitrogen and oxygen atoms in total. The van der Waals surface area contributed by atoms with Gasteiger partial charge in [0.15, 0.2) is 5.75 Å². The molecule has 21 heavy (non-hydrogen) atoms. The van der Waals surface area contributed by atoms with Crippen molar-refractivity contribution in [3.05, 3.63) is 21.0 Å². The SMILES string of the molecule is CCOC(=O)Cc1nc(C(F)F)c(OC(F)(F)F)cc1I. The summed E-state index contributed by atoms with van der Waals surface area (Å²) in [6, 6.07) is 0.761. The highest BCUT2D eigenvalue weighted by molar-refractivity contribution is 14.1. The van der Waals surface area contributed by atoms with Crippen molar-refractivity contribution in [2.45, 2.75) is 26.1 Å². The predicted octanol–water partition coefficient (Wildman–Crippen LogP) is 3.63. The van der Waals surface area contributed by atoms with Gasteiger partial charge in [-0.3, -0.25) is 4.79 Å². The molecule has 1 aromatic heterocycles. The van der Waals surface area contributed by atoms with E-state index < -0.39 is 36.6 Å². The van der Waals surface area contributed by atoms with Crippen LogP contribution < -0.4 is 4.74 Å². The largest absolute Gasteiger partial charge is 0.573 e. The van der Waals surface area contributed by atoms with Crippen molar-refractivity contribution < 1.29 is 36.2 Å². The van der Waals surface area contributed by atoms with E-state index in [9.17, 15) is 26.7 Å². The number of hydrogen-bond acceptors (Lipinski definition) is 4. The van der Waals surface area contributed by atoms with Gasteiger partial charge in [-0.2, -0.15) is 0 Å². The molecule has 0 bridgehead atoms. The number of nitrogens with zero attached hydrogens (tertiary/aromatic N) is 1. The van der Waals surface area contributed by atoms with E-state index in [4.69, 9.17) is 0 Å². The van der Waals surface area contributed by atoms with Gasteiger partial charge in [-0.1, -0.05) is 0 Å². The molecule has 0 aliphatic heterocycles. The smallest absolute Gasteiger partial charge is 0.466 e. The lowest BCUT2D eigenvalue weighted by Gasteiger charge is -2.14. The second-order valence-electron chi connectivity index (χ2n) is 3.63. The number of rotatable bonds is 5. The molecule has 0 fully saturated rings. The quantitative estimate of drug-likeness (QED) is 0.411. The zero-order valence-corrected chi connectivity index (χ0v) is 12.7. The lowest BCUT2D eigenvalue weighted by atomic mass is 10.2. The second-order valence-corrected chi connectivity index (χ2v) is 4.79. The average molecular weight is 425 g/mol. The maximum atomic E-state index is 12.8. The van der Waals surface area contributed by atoms with Crippen molar-refractivity contribution in [1.29, 1.82) is 0 Å². The molecule has 0 aromatic carbocycles. The molecule has 0 unspecified atom stereocenters. The first-order valence-corrected chi connectivity index (χ1v) is 6.60. The molecule has 1 rings (SSSR count). The number of halogens is 6. The Morgan fingerprint density at radius 3 is 2.52 bits per heavy atom. The van der Waals surface area contributed by atoms with Crippen molar-refractivity contribution in [3.63, 3.8) is 0 Å². The number of aromatic nitrogens is 1. The van der Waals surface area contributed by atoms with Gasteiger partial charge in [0.1, 0.15) is 5.69 Å². The van der Waals surface area contributed by atoms with Crippen LogP contribution in [0.5, 0.6) is 5.75 Å². The maximum Gasteiger partial charge on any atom is 0.573 e. The van der Waals surface area contributed by atoms with Gasteiger partial charge in [-0.15, -0.1) is 13.2 Å². The molecule has 0 saturated heterocycles. The summed E-state index contributed by atoms with van der Waals surface area (Å²) in [4.78, 5) is 14.7. The Kier molecular flexibility index (Phi) is 6.10. The molecule has 0 saturated carbocycles. The summed E-state index contributed by atoms with van der Waals surface area (Å²) in [7, 11) is 0. The monoisotopic (exact) mass is 425 g/mol. The van der Waals surface area contributed by atoms with Crippen LogP contribution in [0.25, 0.3) is 0 Å². The Balaban J connectivity index is 3.14. The Labute approximate surface area is 129 Å². The minimum absolute atomic E-state index is 0.0873.